The van der Waals surface area contributed by atoms with E-state index in [1.165, 1.54) is 0 Å². The summed E-state index contributed by atoms with van der Waals surface area (Å²) in [6.45, 7) is 4.18. The highest BCUT2D eigenvalue weighted by molar-refractivity contribution is 5.56. The van der Waals surface area contributed by atoms with E-state index in [-0.39, 0.29) is 12.0 Å². The second kappa shape index (κ2) is 13.1. The molecule has 0 amide bonds. The minimum absolute atomic E-state index is 0.0889. The Bertz CT molecular complexity index is 954. The van der Waals surface area contributed by atoms with Crippen molar-refractivity contribution in [3.63, 3.8) is 0 Å². The Morgan fingerprint density at radius 3 is 1.83 bits per heavy atom. The molecule has 35 heavy (non-hydrogen) atoms. The molecule has 0 aromatic heterocycles. The van der Waals surface area contributed by atoms with Gasteiger partial charge >= 0.3 is 0 Å². The predicted molar refractivity (Wildman–Crippen MR) is 138 cm³/mol. The zero-order valence-electron chi connectivity index (χ0n) is 22.4. The minimum atomic E-state index is -0.690. The highest BCUT2D eigenvalue weighted by Crippen LogP contribution is 2.45. The highest BCUT2D eigenvalue weighted by atomic mass is 16.5. The van der Waals surface area contributed by atoms with Crippen molar-refractivity contribution in [3.05, 3.63) is 41.5 Å². The van der Waals surface area contributed by atoms with E-state index in [0.29, 0.717) is 23.7 Å². The molecule has 0 radical (unpaired) electrons. The number of hydrogen-bond acceptors (Lipinski definition) is 7. The smallest absolute Gasteiger partial charge is 0.203 e. The van der Waals surface area contributed by atoms with E-state index < -0.39 is 5.41 Å². The molecule has 1 N–H and O–H groups in total. The molecule has 0 fully saturated rings. The second-order valence-electron chi connectivity index (χ2n) is 8.95. The van der Waals surface area contributed by atoms with Gasteiger partial charge in [0.25, 0.3) is 0 Å². The number of methoxy groups -OCH3 is 5. The molecule has 0 saturated heterocycles. The van der Waals surface area contributed by atoms with Crippen LogP contribution in [0.4, 0.5) is 0 Å². The van der Waals surface area contributed by atoms with Gasteiger partial charge in [-0.25, -0.2) is 0 Å². The summed E-state index contributed by atoms with van der Waals surface area (Å²) < 4.78 is 27.4. The lowest BCUT2D eigenvalue weighted by molar-refractivity contribution is 0.314. The maximum Gasteiger partial charge on any atom is 0.203 e. The van der Waals surface area contributed by atoms with Crippen LogP contribution in [0.3, 0.4) is 0 Å². The van der Waals surface area contributed by atoms with Crippen LogP contribution in [0.15, 0.2) is 30.3 Å². The van der Waals surface area contributed by atoms with Crippen molar-refractivity contribution in [2.24, 2.45) is 5.92 Å². The first-order chi connectivity index (χ1) is 16.8. The Hall–Kier alpha value is -3.11. The fourth-order valence-electron chi connectivity index (χ4n) is 4.60. The fraction of sp³-hybridized carbons (Fsp3) is 0.536. The van der Waals surface area contributed by atoms with Crippen molar-refractivity contribution in [3.8, 4) is 34.8 Å². The third kappa shape index (κ3) is 6.52. The summed E-state index contributed by atoms with van der Waals surface area (Å²) in [6.07, 6.45) is 3.32. The number of ether oxygens (including phenoxy) is 5. The third-order valence-electron chi connectivity index (χ3n) is 6.79. The van der Waals surface area contributed by atoms with Gasteiger partial charge in [0.05, 0.1) is 47.0 Å². The van der Waals surface area contributed by atoms with Crippen LogP contribution in [0, 0.1) is 17.2 Å². The van der Waals surface area contributed by atoms with Crippen molar-refractivity contribution in [2.75, 3.05) is 42.6 Å². The fourth-order valence-corrected chi connectivity index (χ4v) is 4.60. The Balaban J connectivity index is 2.26. The Kier molecular flexibility index (Phi) is 10.5. The number of rotatable bonds is 14. The van der Waals surface area contributed by atoms with Gasteiger partial charge in [-0.15, -0.1) is 0 Å². The van der Waals surface area contributed by atoms with E-state index in [1.54, 1.807) is 35.5 Å². The maximum atomic E-state index is 10.4. The second-order valence-corrected chi connectivity index (χ2v) is 8.95. The molecule has 0 aliphatic carbocycles. The van der Waals surface area contributed by atoms with E-state index in [1.807, 2.05) is 37.4 Å². The molecule has 0 heterocycles. The van der Waals surface area contributed by atoms with Crippen molar-refractivity contribution >= 4 is 0 Å². The number of hydrogen-bond donors (Lipinski definition) is 1. The number of likely N-dealkylation sites (N-methyl/N-ethyl adjacent to an activating group) is 1. The van der Waals surface area contributed by atoms with Gasteiger partial charge in [0.15, 0.2) is 11.5 Å². The monoisotopic (exact) mass is 484 g/mol. The zero-order chi connectivity index (χ0) is 26.0. The van der Waals surface area contributed by atoms with Crippen LogP contribution in [-0.4, -0.2) is 48.6 Å². The van der Waals surface area contributed by atoms with Gasteiger partial charge in [0, 0.05) is 12.1 Å². The molecule has 0 saturated carbocycles. The molecular weight excluding hydrogens is 444 g/mol. The van der Waals surface area contributed by atoms with E-state index in [4.69, 9.17) is 23.7 Å². The molecule has 0 aliphatic rings. The summed E-state index contributed by atoms with van der Waals surface area (Å²) in [5.74, 6) is 3.29. The lowest BCUT2D eigenvalue weighted by atomic mass is 9.69. The van der Waals surface area contributed by atoms with Crippen LogP contribution in [0.5, 0.6) is 28.7 Å². The van der Waals surface area contributed by atoms with Crippen LogP contribution in [0.2, 0.25) is 0 Å². The number of nitrogens with one attached hydrogen (secondary N) is 1. The molecule has 2 unspecified atom stereocenters. The largest absolute Gasteiger partial charge is 0.497 e. The first-order valence-electron chi connectivity index (χ1n) is 11.9. The number of nitrogens with zero attached hydrogens (tertiary/aromatic N) is 1. The number of benzene rings is 2. The molecule has 7 heteroatoms. The molecule has 2 rings (SSSR count). The minimum Gasteiger partial charge on any atom is -0.497 e. The lowest BCUT2D eigenvalue weighted by Gasteiger charge is -2.33. The quantitative estimate of drug-likeness (QED) is 0.397. The summed E-state index contributed by atoms with van der Waals surface area (Å²) in [5, 5.41) is 13.9. The van der Waals surface area contributed by atoms with Gasteiger partial charge in [-0.1, -0.05) is 13.8 Å². The van der Waals surface area contributed by atoms with Crippen molar-refractivity contribution < 1.29 is 23.7 Å². The molecule has 0 bridgehead atoms. The van der Waals surface area contributed by atoms with Crippen LogP contribution >= 0.6 is 0 Å². The molecular formula is C28H40N2O5. The summed E-state index contributed by atoms with van der Waals surface area (Å²) in [7, 11) is 10.1. The van der Waals surface area contributed by atoms with E-state index in [2.05, 4.69) is 25.2 Å². The van der Waals surface area contributed by atoms with Crippen molar-refractivity contribution in [1.82, 2.24) is 5.32 Å². The summed E-state index contributed by atoms with van der Waals surface area (Å²) >= 11 is 0. The Morgan fingerprint density at radius 1 is 0.857 bits per heavy atom. The molecule has 192 valence electrons. The molecule has 0 aliphatic heterocycles. The molecule has 2 aromatic rings. The molecule has 7 nitrogen and oxygen atoms in total. The van der Waals surface area contributed by atoms with Gasteiger partial charge in [0.2, 0.25) is 5.75 Å². The summed E-state index contributed by atoms with van der Waals surface area (Å²) in [6, 6.07) is 12.6. The van der Waals surface area contributed by atoms with Gasteiger partial charge in [0.1, 0.15) is 11.5 Å². The van der Waals surface area contributed by atoms with Crippen LogP contribution < -0.4 is 29.0 Å². The first kappa shape index (κ1) is 28.1. The van der Waals surface area contributed by atoms with Gasteiger partial charge < -0.3 is 29.0 Å². The molecule has 0 spiro atoms. The summed E-state index contributed by atoms with van der Waals surface area (Å²) in [4.78, 5) is 0. The average Bonchev–Trinajstić information content (AvgIpc) is 2.88. The Morgan fingerprint density at radius 2 is 1.43 bits per heavy atom. The van der Waals surface area contributed by atoms with E-state index >= 15 is 0 Å². The standard InChI is InChI=1S/C28H40N2O5/c1-19(2)28(18-29,21-15-25(33-6)27(35-8)26(16-21)34-7)11-9-10-22(30-3)12-20-13-23(31-4)17-24(14-20)32-5/h13-17,19,22,30H,9-12H2,1-8H3. The van der Waals surface area contributed by atoms with Gasteiger partial charge in [-0.2, -0.15) is 5.26 Å². The van der Waals surface area contributed by atoms with Crippen LogP contribution in [0.25, 0.3) is 0 Å². The highest BCUT2D eigenvalue weighted by Gasteiger charge is 2.37. The third-order valence-corrected chi connectivity index (χ3v) is 6.79. The first-order valence-corrected chi connectivity index (χ1v) is 11.9. The maximum absolute atomic E-state index is 10.4. The van der Waals surface area contributed by atoms with Crippen molar-refractivity contribution in [1.29, 1.82) is 5.26 Å². The molecule has 2 aromatic carbocycles. The predicted octanol–water partition coefficient (Wildman–Crippen LogP) is 5.15. The van der Waals surface area contributed by atoms with Crippen LogP contribution in [0.1, 0.15) is 44.2 Å². The van der Waals surface area contributed by atoms with E-state index in [9.17, 15) is 5.26 Å². The SMILES string of the molecule is CNC(CCCC(C#N)(c1cc(OC)c(OC)c(OC)c1)C(C)C)Cc1cc(OC)cc(OC)c1. The molecule has 2 atom stereocenters. The van der Waals surface area contributed by atoms with Gasteiger partial charge in [-0.05, 0) is 74.0 Å². The Labute approximate surface area is 210 Å². The van der Waals surface area contributed by atoms with Gasteiger partial charge in [-0.3, -0.25) is 0 Å². The summed E-state index contributed by atoms with van der Waals surface area (Å²) in [5.41, 5.74) is 1.33. The number of nitriles is 1. The lowest BCUT2D eigenvalue weighted by Crippen LogP contribution is -2.33. The van der Waals surface area contributed by atoms with Crippen LogP contribution in [-0.2, 0) is 11.8 Å². The average molecular weight is 485 g/mol. The zero-order valence-corrected chi connectivity index (χ0v) is 22.4. The van der Waals surface area contributed by atoms with E-state index in [0.717, 1.165) is 41.9 Å². The van der Waals surface area contributed by atoms with Crippen molar-refractivity contribution in [2.45, 2.75) is 51.0 Å². The topological polar surface area (TPSA) is 82.0 Å². The normalized spacial score (nSPS) is 13.5.